The molecular weight excluding hydrogens is 383 g/mol. The number of rotatable bonds is 4. The molecule has 1 aliphatic rings. The maximum absolute atomic E-state index is 12.3. The number of benzene rings is 2. The molecule has 0 saturated heterocycles. The lowest BCUT2D eigenvalue weighted by atomic mass is 10.2. The highest BCUT2D eigenvalue weighted by Gasteiger charge is 2.48. The molecule has 25 heavy (non-hydrogen) atoms. The third-order valence-corrected chi connectivity index (χ3v) is 5.34. The summed E-state index contributed by atoms with van der Waals surface area (Å²) in [5.41, 5.74) is 1.99. The number of halogens is 3. The van der Waals surface area contributed by atoms with E-state index < -0.39 is 0 Å². The molecule has 2 aromatic rings. The predicted octanol–water partition coefficient (Wildman–Crippen LogP) is 5.17. The zero-order chi connectivity index (χ0) is 18.1. The fourth-order valence-corrected chi connectivity index (χ4v) is 3.03. The van der Waals surface area contributed by atoms with E-state index in [4.69, 9.17) is 34.8 Å². The van der Waals surface area contributed by atoms with E-state index in [2.05, 4.69) is 10.6 Å². The summed E-state index contributed by atoms with van der Waals surface area (Å²) in [6, 6.07) is 10.3. The Balaban J connectivity index is 1.59. The molecule has 0 spiro atoms. The van der Waals surface area contributed by atoms with E-state index in [1.54, 1.807) is 30.3 Å². The number of hydrogen-bond donors (Lipinski definition) is 2. The van der Waals surface area contributed by atoms with E-state index in [-0.39, 0.29) is 28.7 Å². The van der Waals surface area contributed by atoms with Gasteiger partial charge in [-0.2, -0.15) is 0 Å². The Morgan fingerprint density at radius 2 is 1.64 bits per heavy atom. The second-order valence-corrected chi connectivity index (χ2v) is 7.18. The number of nitrogens with one attached hydrogen (secondary N) is 2. The highest BCUT2D eigenvalue weighted by molar-refractivity contribution is 6.44. The summed E-state index contributed by atoms with van der Waals surface area (Å²) < 4.78 is 0. The van der Waals surface area contributed by atoms with Crippen molar-refractivity contribution in [1.82, 2.24) is 0 Å². The van der Waals surface area contributed by atoms with E-state index in [1.807, 2.05) is 13.0 Å². The second-order valence-electron chi connectivity index (χ2n) is 5.99. The lowest BCUT2D eigenvalue weighted by Gasteiger charge is -2.09. The largest absolute Gasteiger partial charge is 0.326 e. The van der Waals surface area contributed by atoms with E-state index >= 15 is 0 Å². The predicted molar refractivity (Wildman–Crippen MR) is 102 cm³/mol. The van der Waals surface area contributed by atoms with Crippen LogP contribution in [0, 0.1) is 18.8 Å². The van der Waals surface area contributed by atoms with Crippen molar-refractivity contribution < 1.29 is 9.59 Å². The first-order valence-corrected chi connectivity index (χ1v) is 8.82. The van der Waals surface area contributed by atoms with Crippen molar-refractivity contribution in [3.63, 3.8) is 0 Å². The molecule has 0 radical (unpaired) electrons. The molecule has 2 aromatic carbocycles. The summed E-state index contributed by atoms with van der Waals surface area (Å²) in [6.45, 7) is 1.89. The molecule has 1 aliphatic carbocycles. The molecule has 2 unspecified atom stereocenters. The first-order valence-electron chi connectivity index (χ1n) is 7.68. The highest BCUT2D eigenvalue weighted by atomic mass is 35.5. The van der Waals surface area contributed by atoms with E-state index in [0.29, 0.717) is 27.8 Å². The van der Waals surface area contributed by atoms with Crippen LogP contribution in [0.3, 0.4) is 0 Å². The first-order chi connectivity index (χ1) is 11.9. The molecule has 2 N–H and O–H groups in total. The first kappa shape index (κ1) is 18.1. The van der Waals surface area contributed by atoms with Crippen LogP contribution in [0.2, 0.25) is 15.1 Å². The van der Waals surface area contributed by atoms with Crippen LogP contribution in [-0.4, -0.2) is 11.8 Å². The Morgan fingerprint density at radius 3 is 2.32 bits per heavy atom. The maximum Gasteiger partial charge on any atom is 0.228 e. The Hall–Kier alpha value is -1.75. The molecule has 0 bridgehead atoms. The van der Waals surface area contributed by atoms with Gasteiger partial charge in [0.05, 0.1) is 27.6 Å². The van der Waals surface area contributed by atoms with Gasteiger partial charge in [0.1, 0.15) is 0 Å². The van der Waals surface area contributed by atoms with Gasteiger partial charge in [-0.15, -0.1) is 0 Å². The lowest BCUT2D eigenvalue weighted by molar-refractivity contribution is -0.122. The van der Waals surface area contributed by atoms with Crippen molar-refractivity contribution in [1.29, 1.82) is 0 Å². The Bertz CT molecular complexity index is 854. The van der Waals surface area contributed by atoms with Gasteiger partial charge in [0.15, 0.2) is 0 Å². The fraction of sp³-hybridized carbons (Fsp3) is 0.222. The number of hydrogen-bond acceptors (Lipinski definition) is 2. The molecule has 0 aromatic heterocycles. The zero-order valence-electron chi connectivity index (χ0n) is 13.3. The normalized spacial score (nSPS) is 18.6. The molecule has 2 amide bonds. The van der Waals surface area contributed by atoms with E-state index in [1.165, 1.54) is 0 Å². The molecule has 7 heteroatoms. The van der Waals surface area contributed by atoms with Crippen molar-refractivity contribution in [2.45, 2.75) is 13.3 Å². The summed E-state index contributed by atoms with van der Waals surface area (Å²) in [5.74, 6) is -1.18. The van der Waals surface area contributed by atoms with Crippen LogP contribution in [0.1, 0.15) is 12.0 Å². The van der Waals surface area contributed by atoms with Crippen molar-refractivity contribution in [3.05, 3.63) is 57.0 Å². The fourth-order valence-electron chi connectivity index (χ4n) is 2.51. The average molecular weight is 398 g/mol. The number of carbonyl (C=O) groups is 2. The third kappa shape index (κ3) is 4.09. The highest BCUT2D eigenvalue weighted by Crippen LogP contribution is 2.41. The van der Waals surface area contributed by atoms with Crippen LogP contribution < -0.4 is 10.6 Å². The van der Waals surface area contributed by atoms with Gasteiger partial charge in [-0.25, -0.2) is 0 Å². The van der Waals surface area contributed by atoms with Crippen LogP contribution in [0.25, 0.3) is 0 Å². The third-order valence-electron chi connectivity index (χ3n) is 4.11. The van der Waals surface area contributed by atoms with Crippen LogP contribution in [0.4, 0.5) is 11.4 Å². The van der Waals surface area contributed by atoms with Crippen LogP contribution in [0.5, 0.6) is 0 Å². The number of carbonyl (C=O) groups excluding carboxylic acids is 2. The van der Waals surface area contributed by atoms with E-state index in [0.717, 1.165) is 5.56 Å². The van der Waals surface area contributed by atoms with Crippen molar-refractivity contribution in [3.8, 4) is 0 Å². The molecule has 4 nitrogen and oxygen atoms in total. The van der Waals surface area contributed by atoms with Gasteiger partial charge < -0.3 is 10.6 Å². The smallest absolute Gasteiger partial charge is 0.228 e. The average Bonchev–Trinajstić information content (AvgIpc) is 3.36. The number of amides is 2. The van der Waals surface area contributed by atoms with Crippen molar-refractivity contribution in [2.24, 2.45) is 11.8 Å². The van der Waals surface area contributed by atoms with Crippen LogP contribution in [-0.2, 0) is 9.59 Å². The van der Waals surface area contributed by atoms with Crippen LogP contribution in [0.15, 0.2) is 36.4 Å². The minimum Gasteiger partial charge on any atom is -0.326 e. The standard InChI is InChI=1S/C18H15Cl3N2O2/c1-9-5-6-10(7-14(9)20)22-17(24)11-8-12(11)18(25)23-15-4-2-3-13(19)16(15)21/h2-7,11-12H,8H2,1H3,(H,22,24)(H,23,25). The van der Waals surface area contributed by atoms with Crippen LogP contribution >= 0.6 is 34.8 Å². The van der Waals surface area contributed by atoms with E-state index in [9.17, 15) is 9.59 Å². The van der Waals surface area contributed by atoms with Crippen molar-refractivity contribution in [2.75, 3.05) is 10.6 Å². The summed E-state index contributed by atoms with van der Waals surface area (Å²) >= 11 is 18.0. The second kappa shape index (κ2) is 7.24. The monoisotopic (exact) mass is 396 g/mol. The van der Waals surface area contributed by atoms with Gasteiger partial charge in [0.25, 0.3) is 0 Å². The van der Waals surface area contributed by atoms with Gasteiger partial charge in [0.2, 0.25) is 11.8 Å². The minimum absolute atomic E-state index is 0.197. The van der Waals surface area contributed by atoms with Gasteiger partial charge in [-0.1, -0.05) is 46.9 Å². The van der Waals surface area contributed by atoms with Crippen molar-refractivity contribution >= 4 is 58.0 Å². The quantitative estimate of drug-likeness (QED) is 0.748. The summed E-state index contributed by atoms with van der Waals surface area (Å²) in [6.07, 6.45) is 0.495. The molecular formula is C18H15Cl3N2O2. The van der Waals surface area contributed by atoms with Gasteiger partial charge in [-0.05, 0) is 43.2 Å². The van der Waals surface area contributed by atoms with Gasteiger partial charge in [-0.3, -0.25) is 9.59 Å². The molecule has 0 aliphatic heterocycles. The SMILES string of the molecule is Cc1ccc(NC(=O)C2CC2C(=O)Nc2cccc(Cl)c2Cl)cc1Cl. The molecule has 1 saturated carbocycles. The van der Waals surface area contributed by atoms with Gasteiger partial charge in [0, 0.05) is 10.7 Å². The number of anilines is 2. The Labute approximate surface area is 160 Å². The molecule has 1 fully saturated rings. The molecule has 2 atom stereocenters. The summed E-state index contributed by atoms with van der Waals surface area (Å²) in [5, 5.41) is 6.74. The summed E-state index contributed by atoms with van der Waals surface area (Å²) in [7, 11) is 0. The summed E-state index contributed by atoms with van der Waals surface area (Å²) in [4.78, 5) is 24.6. The minimum atomic E-state index is -0.379. The maximum atomic E-state index is 12.3. The Morgan fingerprint density at radius 1 is 0.960 bits per heavy atom. The van der Waals surface area contributed by atoms with Gasteiger partial charge >= 0.3 is 0 Å². The zero-order valence-corrected chi connectivity index (χ0v) is 15.5. The molecule has 130 valence electrons. The Kier molecular flexibility index (Phi) is 5.23. The number of aryl methyl sites for hydroxylation is 1. The molecule has 0 heterocycles. The topological polar surface area (TPSA) is 58.2 Å². The lowest BCUT2D eigenvalue weighted by Crippen LogP contribution is -2.20. The molecule has 3 rings (SSSR count).